The Bertz CT molecular complexity index is 465. The number of hydrogen-bond donors (Lipinski definition) is 1. The van der Waals surface area contributed by atoms with E-state index in [9.17, 15) is 4.79 Å². The molecule has 1 unspecified atom stereocenters. The van der Waals surface area contributed by atoms with Gasteiger partial charge in [-0.15, -0.1) is 0 Å². The summed E-state index contributed by atoms with van der Waals surface area (Å²) < 4.78 is 0. The standard InChI is InChI=1S/C15H21N3O/c1-3-18(11-12(2)10-17)15(19)14-7-5-4-6-13(14)8-9-16/h4-7,12H,3,8-9,11,16H2,1-2H3. The van der Waals surface area contributed by atoms with Crippen LogP contribution >= 0.6 is 0 Å². The monoisotopic (exact) mass is 259 g/mol. The number of rotatable bonds is 6. The SMILES string of the molecule is CCN(CC(C)C#N)C(=O)c1ccccc1CCN. The minimum absolute atomic E-state index is 0.0198. The molecule has 1 aromatic carbocycles. The van der Waals surface area contributed by atoms with Crippen molar-refractivity contribution in [1.29, 1.82) is 5.26 Å². The highest BCUT2D eigenvalue weighted by molar-refractivity contribution is 5.95. The zero-order chi connectivity index (χ0) is 14.3. The van der Waals surface area contributed by atoms with Crippen LogP contribution in [0, 0.1) is 17.2 Å². The number of hydrogen-bond acceptors (Lipinski definition) is 3. The van der Waals surface area contributed by atoms with Gasteiger partial charge < -0.3 is 10.6 Å². The molecule has 1 aromatic rings. The average Bonchev–Trinajstić information content (AvgIpc) is 2.44. The van der Waals surface area contributed by atoms with Gasteiger partial charge in [0, 0.05) is 18.7 Å². The van der Waals surface area contributed by atoms with Crippen molar-refractivity contribution in [2.45, 2.75) is 20.3 Å². The Balaban J connectivity index is 2.94. The van der Waals surface area contributed by atoms with Gasteiger partial charge in [0.1, 0.15) is 0 Å². The van der Waals surface area contributed by atoms with E-state index in [-0.39, 0.29) is 11.8 Å². The smallest absolute Gasteiger partial charge is 0.254 e. The lowest BCUT2D eigenvalue weighted by Crippen LogP contribution is -2.35. The molecule has 0 spiro atoms. The number of carbonyl (C=O) groups is 1. The van der Waals surface area contributed by atoms with Gasteiger partial charge in [-0.2, -0.15) is 5.26 Å². The molecule has 0 saturated carbocycles. The first kappa shape index (κ1) is 15.2. The van der Waals surface area contributed by atoms with Crippen molar-refractivity contribution in [3.8, 4) is 6.07 Å². The van der Waals surface area contributed by atoms with E-state index in [0.717, 1.165) is 5.56 Å². The van der Waals surface area contributed by atoms with E-state index >= 15 is 0 Å². The summed E-state index contributed by atoms with van der Waals surface area (Å²) in [5, 5.41) is 8.87. The van der Waals surface area contributed by atoms with Gasteiger partial charge in [0.05, 0.1) is 12.0 Å². The first-order chi connectivity index (χ1) is 9.13. The molecular formula is C15H21N3O. The largest absolute Gasteiger partial charge is 0.338 e. The van der Waals surface area contributed by atoms with Crippen molar-refractivity contribution in [1.82, 2.24) is 4.90 Å². The lowest BCUT2D eigenvalue weighted by atomic mass is 10.0. The number of nitrogens with zero attached hydrogens (tertiary/aromatic N) is 2. The normalized spacial score (nSPS) is 11.7. The molecule has 2 N–H and O–H groups in total. The summed E-state index contributed by atoms with van der Waals surface area (Å²) in [6.07, 6.45) is 0.688. The highest BCUT2D eigenvalue weighted by atomic mass is 16.2. The Morgan fingerprint density at radius 2 is 2.16 bits per heavy atom. The first-order valence-electron chi connectivity index (χ1n) is 6.60. The number of carbonyl (C=O) groups excluding carboxylic acids is 1. The Kier molecular flexibility index (Phi) is 6.04. The van der Waals surface area contributed by atoms with Crippen LogP contribution in [0.4, 0.5) is 0 Å². The first-order valence-corrected chi connectivity index (χ1v) is 6.60. The van der Waals surface area contributed by atoms with Gasteiger partial charge in [0.2, 0.25) is 0 Å². The van der Waals surface area contributed by atoms with Crippen molar-refractivity contribution >= 4 is 5.91 Å². The van der Waals surface area contributed by atoms with Gasteiger partial charge >= 0.3 is 0 Å². The number of benzene rings is 1. The summed E-state index contributed by atoms with van der Waals surface area (Å²) >= 11 is 0. The van der Waals surface area contributed by atoms with Gasteiger partial charge in [0.25, 0.3) is 5.91 Å². The van der Waals surface area contributed by atoms with Crippen LogP contribution in [0.2, 0.25) is 0 Å². The van der Waals surface area contributed by atoms with Crippen molar-refractivity contribution in [2.75, 3.05) is 19.6 Å². The molecule has 4 nitrogen and oxygen atoms in total. The molecular weight excluding hydrogens is 238 g/mol. The zero-order valence-electron chi connectivity index (χ0n) is 11.6. The van der Waals surface area contributed by atoms with Crippen LogP contribution in [0.15, 0.2) is 24.3 Å². The molecule has 0 aliphatic carbocycles. The average molecular weight is 259 g/mol. The maximum atomic E-state index is 12.5. The van der Waals surface area contributed by atoms with Gasteiger partial charge in [-0.25, -0.2) is 0 Å². The van der Waals surface area contributed by atoms with Crippen LogP contribution in [0.3, 0.4) is 0 Å². The van der Waals surface area contributed by atoms with Gasteiger partial charge in [-0.05, 0) is 38.4 Å². The summed E-state index contributed by atoms with van der Waals surface area (Å²) in [5.41, 5.74) is 7.24. The predicted molar refractivity (Wildman–Crippen MR) is 75.6 cm³/mol. The lowest BCUT2D eigenvalue weighted by Gasteiger charge is -2.23. The Hall–Kier alpha value is -1.86. The van der Waals surface area contributed by atoms with E-state index in [1.807, 2.05) is 38.1 Å². The van der Waals surface area contributed by atoms with E-state index in [4.69, 9.17) is 11.0 Å². The molecule has 0 bridgehead atoms. The molecule has 0 heterocycles. The molecule has 1 amide bonds. The molecule has 4 heteroatoms. The second-order valence-electron chi connectivity index (χ2n) is 4.57. The Morgan fingerprint density at radius 1 is 1.47 bits per heavy atom. The molecule has 19 heavy (non-hydrogen) atoms. The molecule has 0 radical (unpaired) electrons. The van der Waals surface area contributed by atoms with Crippen LogP contribution in [-0.2, 0) is 6.42 Å². The Morgan fingerprint density at radius 3 is 2.74 bits per heavy atom. The van der Waals surface area contributed by atoms with Gasteiger partial charge in [-0.1, -0.05) is 18.2 Å². The van der Waals surface area contributed by atoms with Crippen LogP contribution < -0.4 is 5.73 Å². The second kappa shape index (κ2) is 7.55. The van der Waals surface area contributed by atoms with E-state index in [1.165, 1.54) is 0 Å². The molecule has 0 aliphatic rings. The number of nitrogens with two attached hydrogens (primary N) is 1. The highest BCUT2D eigenvalue weighted by Gasteiger charge is 2.18. The highest BCUT2D eigenvalue weighted by Crippen LogP contribution is 2.13. The fraction of sp³-hybridized carbons (Fsp3) is 0.467. The Labute approximate surface area is 114 Å². The summed E-state index contributed by atoms with van der Waals surface area (Å²) in [6, 6.07) is 9.69. The van der Waals surface area contributed by atoms with Crippen molar-refractivity contribution in [3.05, 3.63) is 35.4 Å². The summed E-state index contributed by atoms with van der Waals surface area (Å²) in [7, 11) is 0. The van der Waals surface area contributed by atoms with Crippen molar-refractivity contribution < 1.29 is 4.79 Å². The molecule has 102 valence electrons. The molecule has 1 atom stereocenters. The minimum atomic E-state index is -0.162. The predicted octanol–water partition coefficient (Wildman–Crippen LogP) is 1.81. The fourth-order valence-electron chi connectivity index (χ4n) is 2.00. The van der Waals surface area contributed by atoms with Crippen LogP contribution in [0.5, 0.6) is 0 Å². The maximum absolute atomic E-state index is 12.5. The van der Waals surface area contributed by atoms with E-state index in [1.54, 1.807) is 4.90 Å². The van der Waals surface area contributed by atoms with Gasteiger partial charge in [0.15, 0.2) is 0 Å². The summed E-state index contributed by atoms with van der Waals surface area (Å²) in [4.78, 5) is 14.2. The molecule has 0 aromatic heterocycles. The van der Waals surface area contributed by atoms with Crippen molar-refractivity contribution in [2.24, 2.45) is 11.7 Å². The fourth-order valence-corrected chi connectivity index (χ4v) is 2.00. The molecule has 0 fully saturated rings. The van der Waals surface area contributed by atoms with Gasteiger partial charge in [-0.3, -0.25) is 4.79 Å². The van der Waals surface area contributed by atoms with Crippen molar-refractivity contribution in [3.63, 3.8) is 0 Å². The number of nitriles is 1. The quantitative estimate of drug-likeness (QED) is 0.847. The van der Waals surface area contributed by atoms with E-state index in [0.29, 0.717) is 31.6 Å². The van der Waals surface area contributed by atoms with Crippen LogP contribution in [-0.4, -0.2) is 30.4 Å². The third kappa shape index (κ3) is 4.08. The second-order valence-corrected chi connectivity index (χ2v) is 4.57. The summed E-state index contributed by atoms with van der Waals surface area (Å²) in [6.45, 7) is 5.32. The maximum Gasteiger partial charge on any atom is 0.254 e. The van der Waals surface area contributed by atoms with Crippen LogP contribution in [0.25, 0.3) is 0 Å². The topological polar surface area (TPSA) is 70.1 Å². The lowest BCUT2D eigenvalue weighted by molar-refractivity contribution is 0.0751. The third-order valence-corrected chi connectivity index (χ3v) is 3.05. The van der Waals surface area contributed by atoms with E-state index < -0.39 is 0 Å². The third-order valence-electron chi connectivity index (χ3n) is 3.05. The minimum Gasteiger partial charge on any atom is -0.338 e. The van der Waals surface area contributed by atoms with Crippen LogP contribution in [0.1, 0.15) is 29.8 Å². The molecule has 1 rings (SSSR count). The zero-order valence-corrected chi connectivity index (χ0v) is 11.6. The molecule has 0 aliphatic heterocycles. The summed E-state index contributed by atoms with van der Waals surface area (Å²) in [5.74, 6) is -0.181. The molecule has 0 saturated heterocycles. The van der Waals surface area contributed by atoms with E-state index in [2.05, 4.69) is 6.07 Å². The number of amides is 1.